The zero-order valence-corrected chi connectivity index (χ0v) is 12.5. The fourth-order valence-corrected chi connectivity index (χ4v) is 2.99. The molecule has 0 radical (unpaired) electrons. The lowest BCUT2D eigenvalue weighted by molar-refractivity contribution is -0.146. The normalized spacial score (nSPS) is 18.6. The van der Waals surface area contributed by atoms with Gasteiger partial charge in [0.2, 0.25) is 11.8 Å². The van der Waals surface area contributed by atoms with Crippen LogP contribution < -0.4 is 5.73 Å². The van der Waals surface area contributed by atoms with Gasteiger partial charge in [0, 0.05) is 23.6 Å². The Hall–Kier alpha value is -2.34. The predicted molar refractivity (Wildman–Crippen MR) is 82.3 cm³/mol. The number of aryl methyl sites for hydroxylation is 1. The number of primary amides is 1. The standard InChI is InChI=1S/C16H19N3O3/c1-10-3-2-4-12-15(10)11(8-18-12)7-14(20)19-5-6-22-9-13(19)16(17)21/h2-4,8,13,18H,5-7,9H2,1H3,(H2,17,21). The smallest absolute Gasteiger partial charge is 0.242 e. The Labute approximate surface area is 128 Å². The summed E-state index contributed by atoms with van der Waals surface area (Å²) in [6.07, 6.45) is 2.10. The second kappa shape index (κ2) is 5.81. The molecule has 1 atom stereocenters. The zero-order chi connectivity index (χ0) is 15.7. The van der Waals surface area contributed by atoms with E-state index >= 15 is 0 Å². The van der Waals surface area contributed by atoms with Gasteiger partial charge in [-0.05, 0) is 24.1 Å². The van der Waals surface area contributed by atoms with Gasteiger partial charge in [0.1, 0.15) is 6.04 Å². The summed E-state index contributed by atoms with van der Waals surface area (Å²) in [6.45, 7) is 3.02. The number of fused-ring (bicyclic) bond motifs is 1. The van der Waals surface area contributed by atoms with E-state index in [0.717, 1.165) is 22.0 Å². The maximum atomic E-state index is 12.6. The molecule has 0 bridgehead atoms. The molecule has 1 aliphatic rings. The van der Waals surface area contributed by atoms with Crippen molar-refractivity contribution in [3.8, 4) is 0 Å². The summed E-state index contributed by atoms with van der Waals surface area (Å²) in [5, 5.41) is 1.07. The number of nitrogens with one attached hydrogen (secondary N) is 1. The molecular formula is C16H19N3O3. The van der Waals surface area contributed by atoms with Crippen molar-refractivity contribution in [2.45, 2.75) is 19.4 Å². The molecule has 1 unspecified atom stereocenters. The van der Waals surface area contributed by atoms with Crippen LogP contribution in [0.1, 0.15) is 11.1 Å². The van der Waals surface area contributed by atoms with E-state index in [2.05, 4.69) is 4.98 Å². The Kier molecular flexibility index (Phi) is 3.85. The van der Waals surface area contributed by atoms with Crippen LogP contribution in [0.4, 0.5) is 0 Å². The summed E-state index contributed by atoms with van der Waals surface area (Å²) < 4.78 is 5.25. The molecule has 1 aliphatic heterocycles. The van der Waals surface area contributed by atoms with Crippen molar-refractivity contribution >= 4 is 22.7 Å². The third-order valence-electron chi connectivity index (χ3n) is 4.11. The highest BCUT2D eigenvalue weighted by Crippen LogP contribution is 2.23. The van der Waals surface area contributed by atoms with Crippen molar-refractivity contribution in [3.63, 3.8) is 0 Å². The molecule has 1 saturated heterocycles. The van der Waals surface area contributed by atoms with Crippen LogP contribution in [-0.4, -0.2) is 47.5 Å². The first kappa shape index (κ1) is 14.6. The third-order valence-corrected chi connectivity index (χ3v) is 4.11. The highest BCUT2D eigenvalue weighted by molar-refractivity contribution is 5.93. The van der Waals surface area contributed by atoms with Gasteiger partial charge < -0.3 is 20.4 Å². The lowest BCUT2D eigenvalue weighted by Gasteiger charge is -2.33. The number of H-pyrrole nitrogens is 1. The molecule has 2 amide bonds. The fourth-order valence-electron chi connectivity index (χ4n) is 2.99. The molecule has 0 saturated carbocycles. The van der Waals surface area contributed by atoms with Crippen molar-refractivity contribution in [2.24, 2.45) is 5.73 Å². The molecule has 3 rings (SSSR count). The number of rotatable bonds is 3. The molecule has 0 spiro atoms. The first-order chi connectivity index (χ1) is 10.6. The molecule has 6 heteroatoms. The summed E-state index contributed by atoms with van der Waals surface area (Å²) in [6, 6.07) is 5.31. The summed E-state index contributed by atoms with van der Waals surface area (Å²) in [4.78, 5) is 28.8. The van der Waals surface area contributed by atoms with Crippen molar-refractivity contribution in [3.05, 3.63) is 35.5 Å². The summed E-state index contributed by atoms with van der Waals surface area (Å²) >= 11 is 0. The largest absolute Gasteiger partial charge is 0.377 e. The Balaban J connectivity index is 1.85. The molecule has 0 aliphatic carbocycles. The molecular weight excluding hydrogens is 282 g/mol. The summed E-state index contributed by atoms with van der Waals surface area (Å²) in [5.41, 5.74) is 8.43. The fraction of sp³-hybridized carbons (Fsp3) is 0.375. The summed E-state index contributed by atoms with van der Waals surface area (Å²) in [7, 11) is 0. The molecule has 2 aromatic rings. The van der Waals surface area contributed by atoms with Gasteiger partial charge in [0.05, 0.1) is 19.6 Å². The number of hydrogen-bond acceptors (Lipinski definition) is 3. The lowest BCUT2D eigenvalue weighted by Crippen LogP contribution is -2.55. The van der Waals surface area contributed by atoms with E-state index in [9.17, 15) is 9.59 Å². The van der Waals surface area contributed by atoms with Crippen molar-refractivity contribution in [2.75, 3.05) is 19.8 Å². The number of nitrogens with zero attached hydrogens (tertiary/aromatic N) is 1. The number of carbonyl (C=O) groups is 2. The van der Waals surface area contributed by atoms with Crippen LogP contribution in [0.25, 0.3) is 10.9 Å². The van der Waals surface area contributed by atoms with E-state index in [-0.39, 0.29) is 18.9 Å². The first-order valence-electron chi connectivity index (χ1n) is 7.30. The molecule has 2 heterocycles. The minimum absolute atomic E-state index is 0.101. The summed E-state index contributed by atoms with van der Waals surface area (Å²) in [5.74, 6) is -0.626. The SMILES string of the molecule is Cc1cccc2[nH]cc(CC(=O)N3CCOCC3C(N)=O)c12. The number of morpholine rings is 1. The number of benzene rings is 1. The molecule has 116 valence electrons. The van der Waals surface area contributed by atoms with Crippen LogP contribution in [0.3, 0.4) is 0 Å². The maximum Gasteiger partial charge on any atom is 0.242 e. The number of aromatic nitrogens is 1. The van der Waals surface area contributed by atoms with Crippen LogP contribution in [0.5, 0.6) is 0 Å². The topological polar surface area (TPSA) is 88.4 Å². The van der Waals surface area contributed by atoms with Crippen LogP contribution in [0, 0.1) is 6.92 Å². The van der Waals surface area contributed by atoms with E-state index in [1.165, 1.54) is 4.90 Å². The second-order valence-corrected chi connectivity index (χ2v) is 5.57. The van der Waals surface area contributed by atoms with Gasteiger partial charge in [-0.3, -0.25) is 9.59 Å². The number of nitrogens with two attached hydrogens (primary N) is 1. The highest BCUT2D eigenvalue weighted by Gasteiger charge is 2.31. The molecule has 1 aromatic carbocycles. The molecule has 6 nitrogen and oxygen atoms in total. The quantitative estimate of drug-likeness (QED) is 0.876. The van der Waals surface area contributed by atoms with E-state index in [1.807, 2.05) is 31.3 Å². The van der Waals surface area contributed by atoms with E-state index in [4.69, 9.17) is 10.5 Å². The van der Waals surface area contributed by atoms with Crippen molar-refractivity contribution in [1.29, 1.82) is 0 Å². The highest BCUT2D eigenvalue weighted by atomic mass is 16.5. The zero-order valence-electron chi connectivity index (χ0n) is 12.5. The van der Waals surface area contributed by atoms with Crippen LogP contribution in [-0.2, 0) is 20.7 Å². The number of carbonyl (C=O) groups excluding carboxylic acids is 2. The van der Waals surface area contributed by atoms with Gasteiger partial charge in [-0.1, -0.05) is 12.1 Å². The van der Waals surface area contributed by atoms with E-state index in [0.29, 0.717) is 13.2 Å². The number of ether oxygens (including phenoxy) is 1. The van der Waals surface area contributed by atoms with Gasteiger partial charge in [-0.15, -0.1) is 0 Å². The minimum atomic E-state index is -0.674. The van der Waals surface area contributed by atoms with E-state index < -0.39 is 11.9 Å². The van der Waals surface area contributed by atoms with Gasteiger partial charge in [0.25, 0.3) is 0 Å². The van der Waals surface area contributed by atoms with E-state index in [1.54, 1.807) is 0 Å². The van der Waals surface area contributed by atoms with Crippen LogP contribution in [0.15, 0.2) is 24.4 Å². The first-order valence-corrected chi connectivity index (χ1v) is 7.30. The maximum absolute atomic E-state index is 12.6. The Morgan fingerprint density at radius 1 is 1.45 bits per heavy atom. The third kappa shape index (κ3) is 2.57. The van der Waals surface area contributed by atoms with Gasteiger partial charge in [-0.2, -0.15) is 0 Å². The number of hydrogen-bond donors (Lipinski definition) is 2. The monoisotopic (exact) mass is 301 g/mol. The Bertz CT molecular complexity index is 722. The molecule has 22 heavy (non-hydrogen) atoms. The molecule has 1 fully saturated rings. The predicted octanol–water partition coefficient (Wildman–Crippen LogP) is 0.732. The van der Waals surface area contributed by atoms with Gasteiger partial charge >= 0.3 is 0 Å². The van der Waals surface area contributed by atoms with Crippen molar-refractivity contribution < 1.29 is 14.3 Å². The minimum Gasteiger partial charge on any atom is -0.377 e. The van der Waals surface area contributed by atoms with Crippen LogP contribution in [0.2, 0.25) is 0 Å². The number of amides is 2. The van der Waals surface area contributed by atoms with Gasteiger partial charge in [-0.25, -0.2) is 0 Å². The Morgan fingerprint density at radius 2 is 2.27 bits per heavy atom. The average Bonchev–Trinajstić information content (AvgIpc) is 2.91. The van der Waals surface area contributed by atoms with Crippen molar-refractivity contribution in [1.82, 2.24) is 9.88 Å². The average molecular weight is 301 g/mol. The number of aromatic amines is 1. The van der Waals surface area contributed by atoms with Gasteiger partial charge in [0.15, 0.2) is 0 Å². The lowest BCUT2D eigenvalue weighted by atomic mass is 10.0. The second-order valence-electron chi connectivity index (χ2n) is 5.57. The van der Waals surface area contributed by atoms with Crippen LogP contribution >= 0.6 is 0 Å². The molecule has 3 N–H and O–H groups in total. The Morgan fingerprint density at radius 3 is 3.05 bits per heavy atom. The molecule has 1 aromatic heterocycles.